The fourth-order valence-corrected chi connectivity index (χ4v) is 2.95. The number of amides is 2. The molecule has 24 heavy (non-hydrogen) atoms. The van der Waals surface area contributed by atoms with Crippen LogP contribution in [0.2, 0.25) is 0 Å². The van der Waals surface area contributed by atoms with Crippen LogP contribution in [0.25, 0.3) is 0 Å². The number of morpholine rings is 1. The molecule has 3 rings (SSSR count). The van der Waals surface area contributed by atoms with E-state index in [1.54, 1.807) is 11.0 Å². The molecule has 2 aliphatic rings. The minimum Gasteiger partial charge on any atom is -0.378 e. The van der Waals surface area contributed by atoms with Crippen molar-refractivity contribution in [2.24, 2.45) is 5.92 Å². The minimum absolute atomic E-state index is 0. The van der Waals surface area contributed by atoms with Crippen molar-refractivity contribution >= 4 is 29.9 Å². The minimum atomic E-state index is -0.00803. The van der Waals surface area contributed by atoms with Gasteiger partial charge < -0.3 is 20.3 Å². The molecule has 0 spiro atoms. The second-order valence-corrected chi connectivity index (χ2v) is 6.11. The third kappa shape index (κ3) is 4.26. The van der Waals surface area contributed by atoms with E-state index in [4.69, 9.17) is 4.74 Å². The van der Waals surface area contributed by atoms with Gasteiger partial charge in [0.1, 0.15) is 0 Å². The highest BCUT2D eigenvalue weighted by Gasteiger charge is 2.24. The Morgan fingerprint density at radius 3 is 2.71 bits per heavy atom. The summed E-state index contributed by atoms with van der Waals surface area (Å²) in [5, 5.41) is 6.17. The molecule has 1 atom stereocenters. The first-order valence-corrected chi connectivity index (χ1v) is 8.14. The van der Waals surface area contributed by atoms with Crippen LogP contribution in [-0.2, 0) is 9.53 Å². The zero-order valence-electron chi connectivity index (χ0n) is 13.8. The molecule has 1 unspecified atom stereocenters. The number of aryl methyl sites for hydroxylation is 1. The Hall–Kier alpha value is -1.63. The van der Waals surface area contributed by atoms with Crippen LogP contribution in [0, 0.1) is 12.8 Å². The SMILES string of the molecule is Cc1ccc(C(=O)N2CCOCC2)cc1NC(=O)C1CCNC1.Cl. The third-order valence-corrected chi connectivity index (χ3v) is 4.47. The van der Waals surface area contributed by atoms with Crippen molar-refractivity contribution in [3.05, 3.63) is 29.3 Å². The highest BCUT2D eigenvalue weighted by molar-refractivity contribution is 5.98. The van der Waals surface area contributed by atoms with Crippen molar-refractivity contribution in [1.29, 1.82) is 0 Å². The second kappa shape index (κ2) is 8.46. The van der Waals surface area contributed by atoms with E-state index in [0.29, 0.717) is 31.9 Å². The van der Waals surface area contributed by atoms with E-state index in [1.165, 1.54) is 0 Å². The number of benzene rings is 1. The third-order valence-electron chi connectivity index (χ3n) is 4.47. The number of nitrogens with zero attached hydrogens (tertiary/aromatic N) is 1. The van der Waals surface area contributed by atoms with Crippen LogP contribution in [0.15, 0.2) is 18.2 Å². The number of carbonyl (C=O) groups is 2. The maximum atomic E-state index is 12.6. The van der Waals surface area contributed by atoms with Crippen LogP contribution >= 0.6 is 12.4 Å². The molecule has 1 aromatic carbocycles. The van der Waals surface area contributed by atoms with Crippen molar-refractivity contribution in [2.45, 2.75) is 13.3 Å². The smallest absolute Gasteiger partial charge is 0.254 e. The molecule has 2 amide bonds. The summed E-state index contributed by atoms with van der Waals surface area (Å²) in [6.45, 7) is 5.92. The monoisotopic (exact) mass is 353 g/mol. The molecular weight excluding hydrogens is 330 g/mol. The van der Waals surface area contributed by atoms with Crippen LogP contribution in [-0.4, -0.2) is 56.1 Å². The van der Waals surface area contributed by atoms with E-state index in [9.17, 15) is 9.59 Å². The van der Waals surface area contributed by atoms with Gasteiger partial charge in [0.15, 0.2) is 0 Å². The molecule has 0 radical (unpaired) electrons. The first kappa shape index (κ1) is 18.7. The van der Waals surface area contributed by atoms with Crippen LogP contribution in [0.5, 0.6) is 0 Å². The number of nitrogens with one attached hydrogen (secondary N) is 2. The van der Waals surface area contributed by atoms with Crippen molar-refractivity contribution in [3.8, 4) is 0 Å². The average molecular weight is 354 g/mol. The highest BCUT2D eigenvalue weighted by Crippen LogP contribution is 2.20. The number of ether oxygens (including phenoxy) is 1. The first-order valence-electron chi connectivity index (χ1n) is 8.14. The predicted molar refractivity (Wildman–Crippen MR) is 94.8 cm³/mol. The van der Waals surface area contributed by atoms with Gasteiger partial charge in [-0.25, -0.2) is 0 Å². The zero-order chi connectivity index (χ0) is 16.2. The summed E-state index contributed by atoms with van der Waals surface area (Å²) in [6, 6.07) is 5.49. The van der Waals surface area contributed by atoms with Gasteiger partial charge in [0.25, 0.3) is 5.91 Å². The summed E-state index contributed by atoms with van der Waals surface area (Å²) in [4.78, 5) is 26.6. The summed E-state index contributed by atoms with van der Waals surface area (Å²) in [5.41, 5.74) is 2.29. The summed E-state index contributed by atoms with van der Waals surface area (Å²) in [5.74, 6) is 0.0217. The fraction of sp³-hybridized carbons (Fsp3) is 0.529. The van der Waals surface area contributed by atoms with Gasteiger partial charge >= 0.3 is 0 Å². The van der Waals surface area contributed by atoms with Crippen LogP contribution in [0.3, 0.4) is 0 Å². The molecule has 7 heteroatoms. The lowest BCUT2D eigenvalue weighted by molar-refractivity contribution is -0.119. The summed E-state index contributed by atoms with van der Waals surface area (Å²) in [7, 11) is 0. The molecule has 2 fully saturated rings. The van der Waals surface area contributed by atoms with Crippen molar-refractivity contribution in [1.82, 2.24) is 10.2 Å². The van der Waals surface area contributed by atoms with Crippen LogP contribution < -0.4 is 10.6 Å². The topological polar surface area (TPSA) is 70.7 Å². The van der Waals surface area contributed by atoms with Gasteiger partial charge in [0.05, 0.1) is 19.1 Å². The quantitative estimate of drug-likeness (QED) is 0.862. The van der Waals surface area contributed by atoms with E-state index in [1.807, 2.05) is 19.1 Å². The molecule has 0 aliphatic carbocycles. The Labute approximate surface area is 148 Å². The molecule has 2 aliphatic heterocycles. The van der Waals surface area contributed by atoms with Gasteiger partial charge in [-0.15, -0.1) is 12.4 Å². The van der Waals surface area contributed by atoms with Crippen LogP contribution in [0.1, 0.15) is 22.3 Å². The average Bonchev–Trinajstić information content (AvgIpc) is 3.11. The lowest BCUT2D eigenvalue weighted by Gasteiger charge is -2.27. The molecule has 0 saturated carbocycles. The molecule has 1 aromatic rings. The van der Waals surface area contributed by atoms with Gasteiger partial charge in [-0.1, -0.05) is 6.07 Å². The van der Waals surface area contributed by atoms with E-state index in [2.05, 4.69) is 10.6 Å². The Morgan fingerprint density at radius 1 is 1.29 bits per heavy atom. The number of halogens is 1. The summed E-state index contributed by atoms with van der Waals surface area (Å²) >= 11 is 0. The van der Waals surface area contributed by atoms with Crippen molar-refractivity contribution in [3.63, 3.8) is 0 Å². The van der Waals surface area contributed by atoms with E-state index >= 15 is 0 Å². The molecule has 2 heterocycles. The molecule has 6 nitrogen and oxygen atoms in total. The predicted octanol–water partition coefficient (Wildman–Crippen LogP) is 1.44. The highest BCUT2D eigenvalue weighted by atomic mass is 35.5. The Kier molecular flexibility index (Phi) is 6.60. The fourth-order valence-electron chi connectivity index (χ4n) is 2.95. The Bertz CT molecular complexity index is 597. The first-order chi connectivity index (χ1) is 11.1. The van der Waals surface area contributed by atoms with Gasteiger partial charge in [0.2, 0.25) is 5.91 Å². The number of hydrogen-bond donors (Lipinski definition) is 2. The normalized spacial score (nSPS) is 20.4. The summed E-state index contributed by atoms with van der Waals surface area (Å²) in [6.07, 6.45) is 0.858. The largest absolute Gasteiger partial charge is 0.378 e. The van der Waals surface area contributed by atoms with Gasteiger partial charge in [0, 0.05) is 30.9 Å². The van der Waals surface area contributed by atoms with Crippen molar-refractivity contribution in [2.75, 3.05) is 44.7 Å². The van der Waals surface area contributed by atoms with Crippen molar-refractivity contribution < 1.29 is 14.3 Å². The second-order valence-electron chi connectivity index (χ2n) is 6.11. The molecule has 0 aromatic heterocycles. The number of anilines is 1. The van der Waals surface area contributed by atoms with E-state index in [-0.39, 0.29) is 30.1 Å². The number of hydrogen-bond acceptors (Lipinski definition) is 4. The maximum absolute atomic E-state index is 12.6. The maximum Gasteiger partial charge on any atom is 0.254 e. The van der Waals surface area contributed by atoms with Gasteiger partial charge in [-0.2, -0.15) is 0 Å². The van der Waals surface area contributed by atoms with Gasteiger partial charge in [-0.05, 0) is 37.6 Å². The molecule has 132 valence electrons. The van der Waals surface area contributed by atoms with E-state index in [0.717, 1.165) is 30.8 Å². The van der Waals surface area contributed by atoms with Gasteiger partial charge in [-0.3, -0.25) is 9.59 Å². The molecule has 2 saturated heterocycles. The molecular formula is C17H24ClN3O3. The van der Waals surface area contributed by atoms with Crippen LogP contribution in [0.4, 0.5) is 5.69 Å². The lowest BCUT2D eigenvalue weighted by Crippen LogP contribution is -2.40. The zero-order valence-corrected chi connectivity index (χ0v) is 14.7. The molecule has 0 bridgehead atoms. The Morgan fingerprint density at radius 2 is 2.04 bits per heavy atom. The number of carbonyl (C=O) groups excluding carboxylic acids is 2. The Balaban J connectivity index is 0.00000208. The lowest BCUT2D eigenvalue weighted by atomic mass is 10.1. The summed E-state index contributed by atoms with van der Waals surface area (Å²) < 4.78 is 5.28. The van der Waals surface area contributed by atoms with E-state index < -0.39 is 0 Å². The molecule has 2 N–H and O–H groups in total. The number of rotatable bonds is 3. The standard InChI is InChI=1S/C17H23N3O3.ClH/c1-12-2-3-13(17(22)20-6-8-23-9-7-20)10-15(12)19-16(21)14-4-5-18-11-14;/h2-3,10,14,18H,4-9,11H2,1H3,(H,19,21);1H.